The molecule has 1 aliphatic heterocycles. The number of nitrogen functional groups attached to an aromatic ring is 1. The molecule has 0 radical (unpaired) electrons. The molecule has 1 saturated heterocycles. The molecular formula is C13H22N4O2S. The van der Waals surface area contributed by atoms with E-state index in [1.54, 1.807) is 31.3 Å². The average molecular weight is 298 g/mol. The lowest BCUT2D eigenvalue weighted by molar-refractivity contribution is 0.271. The molecule has 0 saturated carbocycles. The van der Waals surface area contributed by atoms with Crippen LogP contribution < -0.4 is 11.3 Å². The van der Waals surface area contributed by atoms with E-state index >= 15 is 0 Å². The maximum atomic E-state index is 12.5. The fourth-order valence-corrected chi connectivity index (χ4v) is 3.72. The first-order valence-corrected chi connectivity index (χ1v) is 8.12. The van der Waals surface area contributed by atoms with Crippen molar-refractivity contribution in [2.75, 3.05) is 32.6 Å². The van der Waals surface area contributed by atoms with Crippen LogP contribution in [-0.4, -0.2) is 50.8 Å². The van der Waals surface area contributed by atoms with Gasteiger partial charge in [-0.25, -0.2) is 8.42 Å². The number of hydrazine groups is 1. The highest BCUT2D eigenvalue weighted by Gasteiger charge is 2.27. The van der Waals surface area contributed by atoms with Crippen LogP contribution >= 0.6 is 0 Å². The summed E-state index contributed by atoms with van der Waals surface area (Å²) < 4.78 is 26.4. The molecule has 1 aromatic carbocycles. The molecule has 0 aliphatic carbocycles. The number of nitrogens with two attached hydrogens (primary N) is 1. The van der Waals surface area contributed by atoms with Gasteiger partial charge in [-0.2, -0.15) is 4.31 Å². The predicted molar refractivity (Wildman–Crippen MR) is 79.7 cm³/mol. The van der Waals surface area contributed by atoms with Crippen molar-refractivity contribution in [1.29, 1.82) is 0 Å². The third kappa shape index (κ3) is 3.12. The SMILES string of the molecule is CN1CCCC1CN(C)S(=O)(=O)c1ccc(NN)cc1. The summed E-state index contributed by atoms with van der Waals surface area (Å²) in [5.74, 6) is 5.28. The van der Waals surface area contributed by atoms with Crippen molar-refractivity contribution in [2.24, 2.45) is 5.84 Å². The minimum atomic E-state index is -3.44. The van der Waals surface area contributed by atoms with Gasteiger partial charge in [0, 0.05) is 25.3 Å². The lowest BCUT2D eigenvalue weighted by Crippen LogP contribution is -2.39. The summed E-state index contributed by atoms with van der Waals surface area (Å²) in [4.78, 5) is 2.51. The molecule has 2 rings (SSSR count). The van der Waals surface area contributed by atoms with E-state index in [1.807, 2.05) is 7.05 Å². The maximum absolute atomic E-state index is 12.5. The molecule has 1 heterocycles. The summed E-state index contributed by atoms with van der Waals surface area (Å²) in [7, 11) is 0.240. The van der Waals surface area contributed by atoms with Crippen LogP contribution in [0.4, 0.5) is 5.69 Å². The van der Waals surface area contributed by atoms with Gasteiger partial charge in [-0.05, 0) is 50.7 Å². The van der Waals surface area contributed by atoms with Gasteiger partial charge in [0.1, 0.15) is 0 Å². The first-order valence-electron chi connectivity index (χ1n) is 6.68. The van der Waals surface area contributed by atoms with E-state index in [4.69, 9.17) is 5.84 Å². The number of benzene rings is 1. The van der Waals surface area contributed by atoms with Crippen molar-refractivity contribution in [2.45, 2.75) is 23.8 Å². The number of nitrogens with zero attached hydrogens (tertiary/aromatic N) is 2. The van der Waals surface area contributed by atoms with Crippen LogP contribution in [0.1, 0.15) is 12.8 Å². The highest BCUT2D eigenvalue weighted by molar-refractivity contribution is 7.89. The highest BCUT2D eigenvalue weighted by Crippen LogP contribution is 2.20. The van der Waals surface area contributed by atoms with Gasteiger partial charge in [0.25, 0.3) is 0 Å². The van der Waals surface area contributed by atoms with Gasteiger partial charge >= 0.3 is 0 Å². The third-order valence-corrected chi connectivity index (χ3v) is 5.71. The molecule has 1 aliphatic rings. The Bertz CT molecular complexity index is 544. The molecule has 0 bridgehead atoms. The maximum Gasteiger partial charge on any atom is 0.242 e. The van der Waals surface area contributed by atoms with Crippen LogP contribution in [0.2, 0.25) is 0 Å². The first kappa shape index (κ1) is 15.2. The molecule has 1 aromatic rings. The summed E-state index contributed by atoms with van der Waals surface area (Å²) in [6.45, 7) is 1.56. The van der Waals surface area contributed by atoms with Crippen molar-refractivity contribution >= 4 is 15.7 Å². The molecule has 7 heteroatoms. The van der Waals surface area contributed by atoms with E-state index in [-0.39, 0.29) is 0 Å². The van der Waals surface area contributed by atoms with E-state index < -0.39 is 10.0 Å². The monoisotopic (exact) mass is 298 g/mol. The molecule has 6 nitrogen and oxygen atoms in total. The van der Waals surface area contributed by atoms with Crippen LogP contribution in [-0.2, 0) is 10.0 Å². The number of hydrogen-bond donors (Lipinski definition) is 2. The van der Waals surface area contributed by atoms with Gasteiger partial charge < -0.3 is 10.3 Å². The zero-order valence-corrected chi connectivity index (χ0v) is 12.7. The first-order chi connectivity index (χ1) is 9.45. The Kier molecular flexibility index (Phi) is 4.64. The number of likely N-dealkylation sites (tertiary alicyclic amines) is 1. The van der Waals surface area contributed by atoms with E-state index in [0.29, 0.717) is 23.2 Å². The lowest BCUT2D eigenvalue weighted by Gasteiger charge is -2.25. The minimum absolute atomic E-state index is 0.291. The zero-order chi connectivity index (χ0) is 14.8. The largest absolute Gasteiger partial charge is 0.324 e. The summed E-state index contributed by atoms with van der Waals surface area (Å²) in [5.41, 5.74) is 3.17. The molecule has 3 N–H and O–H groups in total. The second kappa shape index (κ2) is 6.09. The second-order valence-electron chi connectivity index (χ2n) is 5.23. The Balaban J connectivity index is 2.11. The van der Waals surface area contributed by atoms with E-state index in [2.05, 4.69) is 10.3 Å². The van der Waals surface area contributed by atoms with Gasteiger partial charge in [-0.1, -0.05) is 0 Å². The summed E-state index contributed by atoms with van der Waals surface area (Å²) in [5, 5.41) is 0. The normalized spacial score (nSPS) is 20.5. The molecule has 1 atom stereocenters. The van der Waals surface area contributed by atoms with Crippen LogP contribution in [0.3, 0.4) is 0 Å². The Morgan fingerprint density at radius 2 is 2.05 bits per heavy atom. The van der Waals surface area contributed by atoms with Gasteiger partial charge in [0.2, 0.25) is 10.0 Å². The van der Waals surface area contributed by atoms with Crippen LogP contribution in [0, 0.1) is 0 Å². The quantitative estimate of drug-likeness (QED) is 0.617. The van der Waals surface area contributed by atoms with Crippen LogP contribution in [0.25, 0.3) is 0 Å². The lowest BCUT2D eigenvalue weighted by atomic mass is 10.2. The fraction of sp³-hybridized carbons (Fsp3) is 0.538. The highest BCUT2D eigenvalue weighted by atomic mass is 32.2. The van der Waals surface area contributed by atoms with Crippen molar-refractivity contribution in [1.82, 2.24) is 9.21 Å². The Morgan fingerprint density at radius 3 is 2.55 bits per heavy atom. The molecule has 0 amide bonds. The summed E-state index contributed by atoms with van der Waals surface area (Å²) >= 11 is 0. The van der Waals surface area contributed by atoms with Gasteiger partial charge in [0.05, 0.1) is 4.90 Å². The molecule has 20 heavy (non-hydrogen) atoms. The van der Waals surface area contributed by atoms with E-state index in [9.17, 15) is 8.42 Å². The fourth-order valence-electron chi connectivity index (χ4n) is 2.51. The van der Waals surface area contributed by atoms with Crippen LogP contribution in [0.15, 0.2) is 29.2 Å². The smallest absolute Gasteiger partial charge is 0.242 e. The Labute approximate surface area is 120 Å². The van der Waals surface area contributed by atoms with Crippen molar-refractivity contribution < 1.29 is 8.42 Å². The van der Waals surface area contributed by atoms with Crippen LogP contribution in [0.5, 0.6) is 0 Å². The number of likely N-dealkylation sites (N-methyl/N-ethyl adjacent to an activating group) is 2. The molecular weight excluding hydrogens is 276 g/mol. The topological polar surface area (TPSA) is 78.7 Å². The predicted octanol–water partition coefficient (Wildman–Crippen LogP) is 0.687. The number of sulfonamides is 1. The molecule has 112 valence electrons. The molecule has 0 aromatic heterocycles. The number of nitrogens with one attached hydrogen (secondary N) is 1. The number of rotatable bonds is 5. The summed E-state index contributed by atoms with van der Waals surface area (Å²) in [6, 6.07) is 6.75. The Morgan fingerprint density at radius 1 is 1.40 bits per heavy atom. The number of anilines is 1. The number of hydrogen-bond acceptors (Lipinski definition) is 5. The van der Waals surface area contributed by atoms with E-state index in [1.165, 1.54) is 4.31 Å². The second-order valence-corrected chi connectivity index (χ2v) is 7.28. The van der Waals surface area contributed by atoms with Crippen molar-refractivity contribution in [3.05, 3.63) is 24.3 Å². The van der Waals surface area contributed by atoms with Crippen molar-refractivity contribution in [3.8, 4) is 0 Å². The minimum Gasteiger partial charge on any atom is -0.324 e. The zero-order valence-electron chi connectivity index (χ0n) is 11.9. The van der Waals surface area contributed by atoms with Gasteiger partial charge in [-0.15, -0.1) is 0 Å². The average Bonchev–Trinajstić information content (AvgIpc) is 2.84. The summed E-state index contributed by atoms with van der Waals surface area (Å²) in [6.07, 6.45) is 2.18. The Hall–Kier alpha value is -1.15. The van der Waals surface area contributed by atoms with Gasteiger partial charge in [-0.3, -0.25) is 5.84 Å². The third-order valence-electron chi connectivity index (χ3n) is 3.87. The standard InChI is InChI=1S/C13H22N4O2S/c1-16-9-3-4-12(16)10-17(2)20(18,19)13-7-5-11(15-14)6-8-13/h5-8,12,15H,3-4,9-10,14H2,1-2H3. The van der Waals surface area contributed by atoms with Crippen molar-refractivity contribution in [3.63, 3.8) is 0 Å². The molecule has 1 unspecified atom stereocenters. The van der Waals surface area contributed by atoms with E-state index in [0.717, 1.165) is 19.4 Å². The molecule has 0 spiro atoms. The van der Waals surface area contributed by atoms with Gasteiger partial charge in [0.15, 0.2) is 0 Å². The molecule has 1 fully saturated rings.